The molecule has 0 atom stereocenters. The van der Waals surface area contributed by atoms with E-state index in [1.54, 1.807) is 80.9 Å². The third-order valence-corrected chi connectivity index (χ3v) is 7.86. The first-order valence-electron chi connectivity index (χ1n) is 13.4. The largest absolute Gasteiger partial charge is 0.497 e. The lowest BCUT2D eigenvalue weighted by molar-refractivity contribution is -0.120. The molecule has 4 aromatic carbocycles. The lowest BCUT2D eigenvalue weighted by Crippen LogP contribution is -2.32. The van der Waals surface area contributed by atoms with Gasteiger partial charge in [0.15, 0.2) is 0 Å². The molecule has 1 heterocycles. The number of urea groups is 1. The maximum atomic E-state index is 13.8. The number of amides is 4. The molecule has 5 rings (SSSR count). The third kappa shape index (κ3) is 6.65. The second-order valence-corrected chi connectivity index (χ2v) is 10.8. The first-order valence-corrected chi connectivity index (χ1v) is 14.2. The Morgan fingerprint density at radius 1 is 0.698 bits per heavy atom. The van der Waals surface area contributed by atoms with E-state index in [-0.39, 0.29) is 10.6 Å². The van der Waals surface area contributed by atoms with Crippen molar-refractivity contribution in [1.82, 2.24) is 0 Å². The number of rotatable bonds is 9. The molecule has 3 N–H and O–H groups in total. The summed E-state index contributed by atoms with van der Waals surface area (Å²) in [6, 6.07) is 26.1. The second kappa shape index (κ2) is 12.7. The van der Waals surface area contributed by atoms with Crippen molar-refractivity contribution in [2.45, 2.75) is 18.7 Å². The van der Waals surface area contributed by atoms with Gasteiger partial charge in [-0.05, 0) is 91.7 Å². The van der Waals surface area contributed by atoms with Crippen LogP contribution in [0.25, 0.3) is 0 Å². The molecular weight excluding hydrogens is 564 g/mol. The Morgan fingerprint density at radius 2 is 1.37 bits per heavy atom. The number of ether oxygens (including phenoxy) is 2. The zero-order valence-electron chi connectivity index (χ0n) is 24.1. The van der Waals surface area contributed by atoms with Crippen molar-refractivity contribution >= 4 is 52.4 Å². The predicted octanol–water partition coefficient (Wildman–Crippen LogP) is 6.95. The summed E-state index contributed by atoms with van der Waals surface area (Å²) in [5.41, 5.74) is 4.54. The molecule has 0 aromatic heterocycles. The summed E-state index contributed by atoms with van der Waals surface area (Å²) in [5.74, 6) is 0.302. The zero-order valence-corrected chi connectivity index (χ0v) is 24.9. The van der Waals surface area contributed by atoms with E-state index < -0.39 is 17.8 Å². The van der Waals surface area contributed by atoms with Crippen LogP contribution in [0.2, 0.25) is 0 Å². The van der Waals surface area contributed by atoms with Crippen molar-refractivity contribution in [2.75, 3.05) is 35.1 Å². The minimum absolute atomic E-state index is 0.170. The van der Waals surface area contributed by atoms with Gasteiger partial charge in [-0.3, -0.25) is 9.59 Å². The van der Waals surface area contributed by atoms with E-state index in [9.17, 15) is 14.4 Å². The molecule has 218 valence electrons. The fourth-order valence-electron chi connectivity index (χ4n) is 4.39. The summed E-state index contributed by atoms with van der Waals surface area (Å²) in [7, 11) is 3.11. The molecule has 1 aliphatic heterocycles. The maximum Gasteiger partial charge on any atom is 0.323 e. The van der Waals surface area contributed by atoms with E-state index >= 15 is 0 Å². The molecule has 4 aromatic rings. The molecule has 0 saturated heterocycles. The normalized spacial score (nSPS) is 12.8. The Balaban J connectivity index is 1.41. The Hall–Kier alpha value is -5.22. The number of imide groups is 1. The van der Waals surface area contributed by atoms with E-state index in [4.69, 9.17) is 9.47 Å². The van der Waals surface area contributed by atoms with Crippen LogP contribution in [-0.2, 0) is 9.59 Å². The molecular formula is C33H30N4O5S. The Morgan fingerprint density at radius 3 is 2.05 bits per heavy atom. The number of nitrogens with zero attached hydrogens (tertiary/aromatic N) is 1. The van der Waals surface area contributed by atoms with Crippen molar-refractivity contribution in [3.05, 3.63) is 113 Å². The maximum absolute atomic E-state index is 13.8. The minimum Gasteiger partial charge on any atom is -0.497 e. The number of hydrogen-bond acceptors (Lipinski definition) is 7. The summed E-state index contributed by atoms with van der Waals surface area (Å²) in [6.45, 7) is 3.99. The Kier molecular flexibility index (Phi) is 8.68. The lowest BCUT2D eigenvalue weighted by Gasteiger charge is -2.16. The van der Waals surface area contributed by atoms with Crippen LogP contribution in [0.5, 0.6) is 11.5 Å². The highest BCUT2D eigenvalue weighted by Gasteiger charge is 2.40. The molecule has 0 bridgehead atoms. The highest BCUT2D eigenvalue weighted by molar-refractivity contribution is 8.04. The molecule has 4 amide bonds. The third-order valence-electron chi connectivity index (χ3n) is 6.79. The van der Waals surface area contributed by atoms with E-state index in [1.807, 2.05) is 38.1 Å². The van der Waals surface area contributed by atoms with Crippen LogP contribution in [0.3, 0.4) is 0 Å². The van der Waals surface area contributed by atoms with Gasteiger partial charge in [0.1, 0.15) is 22.1 Å². The van der Waals surface area contributed by atoms with Gasteiger partial charge in [0, 0.05) is 28.0 Å². The van der Waals surface area contributed by atoms with Crippen LogP contribution in [0.4, 0.5) is 27.5 Å². The van der Waals surface area contributed by atoms with Gasteiger partial charge in [0.2, 0.25) is 0 Å². The fourth-order valence-corrected chi connectivity index (χ4v) is 5.38. The van der Waals surface area contributed by atoms with E-state index in [0.717, 1.165) is 27.8 Å². The highest BCUT2D eigenvalue weighted by Crippen LogP contribution is 2.39. The van der Waals surface area contributed by atoms with Gasteiger partial charge in [0.05, 0.1) is 19.9 Å². The zero-order chi connectivity index (χ0) is 30.5. The van der Waals surface area contributed by atoms with Crippen LogP contribution >= 0.6 is 11.8 Å². The van der Waals surface area contributed by atoms with Crippen molar-refractivity contribution in [3.63, 3.8) is 0 Å². The highest BCUT2D eigenvalue weighted by atomic mass is 32.2. The first-order chi connectivity index (χ1) is 20.7. The summed E-state index contributed by atoms with van der Waals surface area (Å²) in [4.78, 5) is 42.2. The predicted molar refractivity (Wildman–Crippen MR) is 170 cm³/mol. The van der Waals surface area contributed by atoms with Gasteiger partial charge < -0.3 is 25.4 Å². The minimum atomic E-state index is -0.470. The van der Waals surface area contributed by atoms with Crippen molar-refractivity contribution in [2.24, 2.45) is 0 Å². The number of thioether (sulfide) groups is 1. The number of carbonyl (C=O) groups excluding carboxylic acids is 3. The average Bonchev–Trinajstić information content (AvgIpc) is 3.23. The molecule has 1 aliphatic rings. The van der Waals surface area contributed by atoms with Crippen molar-refractivity contribution in [1.29, 1.82) is 0 Å². The molecule has 10 heteroatoms. The summed E-state index contributed by atoms with van der Waals surface area (Å²) in [5, 5.41) is 8.78. The summed E-state index contributed by atoms with van der Waals surface area (Å²) < 4.78 is 10.4. The number of hydrogen-bond donors (Lipinski definition) is 3. The summed E-state index contributed by atoms with van der Waals surface area (Å²) in [6.07, 6.45) is 0. The Bertz CT molecular complexity index is 1740. The average molecular weight is 595 g/mol. The van der Waals surface area contributed by atoms with Gasteiger partial charge in [-0.1, -0.05) is 30.0 Å². The van der Waals surface area contributed by atoms with Gasteiger partial charge >= 0.3 is 6.03 Å². The van der Waals surface area contributed by atoms with Crippen LogP contribution < -0.4 is 30.3 Å². The first kappa shape index (κ1) is 29.3. The molecule has 43 heavy (non-hydrogen) atoms. The Labute approximate surface area is 253 Å². The molecule has 0 radical (unpaired) electrons. The quantitative estimate of drug-likeness (QED) is 0.180. The SMILES string of the molecule is COc1ccc(N2C(=O)C(Nc3ccc(C)c(C)c3)=C(Sc3cccc(NC(=O)Nc4cccc(OC)c4)c3)C2=O)cc1. The number of aryl methyl sites for hydroxylation is 2. The fraction of sp³-hybridized carbons (Fsp3) is 0.121. The molecule has 0 spiro atoms. The number of carbonyl (C=O) groups is 3. The number of nitrogens with one attached hydrogen (secondary N) is 3. The van der Waals surface area contributed by atoms with Crippen molar-refractivity contribution < 1.29 is 23.9 Å². The van der Waals surface area contributed by atoms with Crippen molar-refractivity contribution in [3.8, 4) is 11.5 Å². The van der Waals surface area contributed by atoms with Crippen LogP contribution in [0.1, 0.15) is 11.1 Å². The second-order valence-electron chi connectivity index (χ2n) is 9.71. The number of methoxy groups -OCH3 is 2. The standard InChI is InChI=1S/C33H30N4O5S/c1-20-11-12-24(17-21(20)2)34-29-30(32(39)37(31(29)38)25-13-15-26(41-3)16-14-25)43-28-10-6-8-23(19-28)36-33(40)35-22-7-5-9-27(18-22)42-4/h5-19,34H,1-4H3,(H2,35,36,40). The molecule has 0 fully saturated rings. The van der Waals surface area contributed by atoms with Crippen LogP contribution in [0, 0.1) is 13.8 Å². The van der Waals surface area contributed by atoms with Gasteiger partial charge in [-0.2, -0.15) is 0 Å². The smallest absolute Gasteiger partial charge is 0.323 e. The topological polar surface area (TPSA) is 109 Å². The van der Waals surface area contributed by atoms with Gasteiger partial charge in [-0.15, -0.1) is 0 Å². The van der Waals surface area contributed by atoms with E-state index in [1.165, 1.54) is 0 Å². The van der Waals surface area contributed by atoms with Gasteiger partial charge in [-0.25, -0.2) is 9.69 Å². The molecule has 0 saturated carbocycles. The number of anilines is 4. The lowest BCUT2D eigenvalue weighted by atomic mass is 10.1. The molecule has 0 aliphatic carbocycles. The monoisotopic (exact) mass is 594 g/mol. The molecule has 0 unspecified atom stereocenters. The van der Waals surface area contributed by atoms with E-state index in [0.29, 0.717) is 39.1 Å². The molecule has 9 nitrogen and oxygen atoms in total. The summed E-state index contributed by atoms with van der Waals surface area (Å²) >= 11 is 1.15. The van der Waals surface area contributed by atoms with E-state index in [2.05, 4.69) is 16.0 Å². The van der Waals surface area contributed by atoms with Crippen LogP contribution in [-0.4, -0.2) is 32.1 Å². The van der Waals surface area contributed by atoms with Gasteiger partial charge in [0.25, 0.3) is 11.8 Å². The number of benzene rings is 4. The van der Waals surface area contributed by atoms with Crippen LogP contribution in [0.15, 0.2) is 106 Å².